The van der Waals surface area contributed by atoms with Crippen molar-refractivity contribution in [2.75, 3.05) is 18.5 Å². The Morgan fingerprint density at radius 2 is 2.27 bits per heavy atom. The molecule has 84 valence electrons. The van der Waals surface area contributed by atoms with Gasteiger partial charge in [0.25, 0.3) is 0 Å². The molecule has 0 aliphatic heterocycles. The zero-order valence-electron chi connectivity index (χ0n) is 9.38. The highest BCUT2D eigenvalue weighted by molar-refractivity contribution is 5.35. The van der Waals surface area contributed by atoms with Crippen molar-refractivity contribution in [2.45, 2.75) is 26.4 Å². The molecule has 0 saturated carbocycles. The number of hydrogen-bond donors (Lipinski definition) is 1. The third-order valence-electron chi connectivity index (χ3n) is 1.98. The van der Waals surface area contributed by atoms with E-state index in [9.17, 15) is 4.39 Å². The van der Waals surface area contributed by atoms with E-state index in [1.807, 2.05) is 20.8 Å². The van der Waals surface area contributed by atoms with Crippen molar-refractivity contribution >= 4 is 5.82 Å². The molecule has 15 heavy (non-hydrogen) atoms. The zero-order valence-corrected chi connectivity index (χ0v) is 9.38. The van der Waals surface area contributed by atoms with Crippen LogP contribution in [-0.2, 0) is 4.74 Å². The molecule has 1 heterocycles. The van der Waals surface area contributed by atoms with Crippen LogP contribution in [0.4, 0.5) is 10.2 Å². The molecular weight excluding hydrogens is 195 g/mol. The average Bonchev–Trinajstić information content (AvgIpc) is 2.16. The monoisotopic (exact) mass is 212 g/mol. The van der Waals surface area contributed by atoms with Gasteiger partial charge in [0, 0.05) is 19.3 Å². The van der Waals surface area contributed by atoms with Crippen LogP contribution in [0.2, 0.25) is 0 Å². The fraction of sp³-hybridized carbons (Fsp3) is 0.545. The van der Waals surface area contributed by atoms with E-state index in [1.54, 1.807) is 12.3 Å². The Balaban J connectivity index is 2.53. The van der Waals surface area contributed by atoms with Crippen molar-refractivity contribution < 1.29 is 9.13 Å². The first-order valence-corrected chi connectivity index (χ1v) is 5.03. The summed E-state index contributed by atoms with van der Waals surface area (Å²) in [5.74, 6) is -0.0740. The summed E-state index contributed by atoms with van der Waals surface area (Å²) in [4.78, 5) is 3.90. The fourth-order valence-corrected chi connectivity index (χ4v) is 1.25. The van der Waals surface area contributed by atoms with Gasteiger partial charge >= 0.3 is 0 Å². The molecule has 1 rings (SSSR count). The Hall–Kier alpha value is -1.16. The van der Waals surface area contributed by atoms with E-state index in [0.717, 1.165) is 0 Å². The summed E-state index contributed by atoms with van der Waals surface area (Å²) >= 11 is 0. The quantitative estimate of drug-likeness (QED) is 0.814. The van der Waals surface area contributed by atoms with E-state index < -0.39 is 0 Å². The second-order valence-corrected chi connectivity index (χ2v) is 3.88. The van der Waals surface area contributed by atoms with Crippen LogP contribution in [0.5, 0.6) is 0 Å². The second-order valence-electron chi connectivity index (χ2n) is 3.88. The molecule has 3 nitrogen and oxygen atoms in total. The number of nitrogens with one attached hydrogen (secondary N) is 1. The maximum absolute atomic E-state index is 13.2. The minimum Gasteiger partial charge on any atom is -0.374 e. The molecule has 0 aliphatic carbocycles. The van der Waals surface area contributed by atoms with Crippen LogP contribution >= 0.6 is 0 Å². The Bertz CT molecular complexity index is 315. The molecular formula is C11H17FN2O. The van der Waals surface area contributed by atoms with Crippen LogP contribution < -0.4 is 5.32 Å². The van der Waals surface area contributed by atoms with Crippen LogP contribution in [0, 0.1) is 5.82 Å². The predicted octanol–water partition coefficient (Wildman–Crippen LogP) is 2.45. The second kappa shape index (κ2) is 5.07. The summed E-state index contributed by atoms with van der Waals surface area (Å²) in [6.45, 7) is 6.99. The van der Waals surface area contributed by atoms with Gasteiger partial charge in [0.15, 0.2) is 11.6 Å². The minimum atomic E-state index is -0.343. The van der Waals surface area contributed by atoms with E-state index >= 15 is 0 Å². The Morgan fingerprint density at radius 3 is 2.87 bits per heavy atom. The number of nitrogens with zero attached hydrogens (tertiary/aromatic N) is 1. The van der Waals surface area contributed by atoms with Crippen molar-refractivity contribution in [2.24, 2.45) is 0 Å². The Labute approximate surface area is 89.7 Å². The van der Waals surface area contributed by atoms with Gasteiger partial charge < -0.3 is 10.1 Å². The van der Waals surface area contributed by atoms with Gasteiger partial charge in [-0.05, 0) is 32.9 Å². The van der Waals surface area contributed by atoms with Crippen molar-refractivity contribution in [3.63, 3.8) is 0 Å². The van der Waals surface area contributed by atoms with Gasteiger partial charge in [0.1, 0.15) is 0 Å². The number of pyridine rings is 1. The van der Waals surface area contributed by atoms with Crippen LogP contribution in [-0.4, -0.2) is 23.7 Å². The zero-order chi connectivity index (χ0) is 11.3. The molecule has 0 atom stereocenters. The van der Waals surface area contributed by atoms with Crippen LogP contribution in [0.1, 0.15) is 20.8 Å². The van der Waals surface area contributed by atoms with E-state index in [4.69, 9.17) is 4.74 Å². The molecule has 0 radical (unpaired) electrons. The van der Waals surface area contributed by atoms with E-state index in [0.29, 0.717) is 13.2 Å². The summed E-state index contributed by atoms with van der Waals surface area (Å²) in [5, 5.41) is 2.93. The molecule has 0 saturated heterocycles. The summed E-state index contributed by atoms with van der Waals surface area (Å²) in [6.07, 6.45) is 1.55. The molecule has 0 unspecified atom stereocenters. The number of rotatable bonds is 5. The lowest BCUT2D eigenvalue weighted by Crippen LogP contribution is -2.33. The maximum Gasteiger partial charge on any atom is 0.165 e. The third-order valence-corrected chi connectivity index (χ3v) is 1.98. The molecule has 0 amide bonds. The minimum absolute atomic E-state index is 0.269. The Kier molecular flexibility index (Phi) is 4.03. The molecule has 4 heteroatoms. The standard InChI is InChI=1S/C11H17FN2O/c1-4-15-11(2,3)8-14-10-9(12)6-5-7-13-10/h5-7H,4,8H2,1-3H3,(H,13,14). The summed E-state index contributed by atoms with van der Waals surface area (Å²) < 4.78 is 18.7. The molecule has 1 N–H and O–H groups in total. The highest BCUT2D eigenvalue weighted by Crippen LogP contribution is 2.13. The van der Waals surface area contributed by atoms with Crippen molar-refractivity contribution in [1.82, 2.24) is 4.98 Å². The SMILES string of the molecule is CCOC(C)(C)CNc1ncccc1F. The lowest BCUT2D eigenvalue weighted by molar-refractivity contribution is 0.000603. The van der Waals surface area contributed by atoms with Crippen molar-refractivity contribution in [1.29, 1.82) is 0 Å². The lowest BCUT2D eigenvalue weighted by atomic mass is 10.1. The molecule has 0 spiro atoms. The highest BCUT2D eigenvalue weighted by Gasteiger charge is 2.17. The van der Waals surface area contributed by atoms with Crippen molar-refractivity contribution in [3.05, 3.63) is 24.1 Å². The molecule has 0 fully saturated rings. The predicted molar refractivity (Wildman–Crippen MR) is 58.4 cm³/mol. The third kappa shape index (κ3) is 3.83. The number of halogens is 1. The summed E-state index contributed by atoms with van der Waals surface area (Å²) in [6, 6.07) is 2.94. The van der Waals surface area contributed by atoms with Crippen LogP contribution in [0.25, 0.3) is 0 Å². The van der Waals surface area contributed by atoms with E-state index in [1.165, 1.54) is 6.07 Å². The van der Waals surface area contributed by atoms with Gasteiger partial charge in [-0.2, -0.15) is 0 Å². The van der Waals surface area contributed by atoms with Gasteiger partial charge in [-0.25, -0.2) is 9.37 Å². The first kappa shape index (κ1) is 11.9. The lowest BCUT2D eigenvalue weighted by Gasteiger charge is -2.25. The molecule has 0 aliphatic rings. The molecule has 0 aromatic carbocycles. The maximum atomic E-state index is 13.2. The highest BCUT2D eigenvalue weighted by atomic mass is 19.1. The largest absolute Gasteiger partial charge is 0.374 e. The average molecular weight is 212 g/mol. The first-order valence-electron chi connectivity index (χ1n) is 5.03. The number of anilines is 1. The Morgan fingerprint density at radius 1 is 1.53 bits per heavy atom. The molecule has 1 aromatic rings. The first-order chi connectivity index (χ1) is 7.05. The van der Waals surface area contributed by atoms with Crippen LogP contribution in [0.15, 0.2) is 18.3 Å². The molecule has 1 aromatic heterocycles. The number of aromatic nitrogens is 1. The van der Waals surface area contributed by atoms with E-state index in [2.05, 4.69) is 10.3 Å². The summed E-state index contributed by atoms with van der Waals surface area (Å²) in [5.41, 5.74) is -0.321. The van der Waals surface area contributed by atoms with Gasteiger partial charge in [-0.15, -0.1) is 0 Å². The number of hydrogen-bond acceptors (Lipinski definition) is 3. The van der Waals surface area contributed by atoms with Gasteiger partial charge in [0.05, 0.1) is 5.60 Å². The van der Waals surface area contributed by atoms with Gasteiger partial charge in [0.2, 0.25) is 0 Å². The number of ether oxygens (including phenoxy) is 1. The smallest absolute Gasteiger partial charge is 0.165 e. The van der Waals surface area contributed by atoms with E-state index in [-0.39, 0.29) is 17.2 Å². The molecule has 0 bridgehead atoms. The topological polar surface area (TPSA) is 34.1 Å². The van der Waals surface area contributed by atoms with Gasteiger partial charge in [-0.1, -0.05) is 0 Å². The summed E-state index contributed by atoms with van der Waals surface area (Å²) in [7, 11) is 0. The fourth-order valence-electron chi connectivity index (χ4n) is 1.25. The van der Waals surface area contributed by atoms with Gasteiger partial charge in [-0.3, -0.25) is 0 Å². The van der Waals surface area contributed by atoms with Crippen LogP contribution in [0.3, 0.4) is 0 Å². The van der Waals surface area contributed by atoms with Crippen molar-refractivity contribution in [3.8, 4) is 0 Å². The normalized spacial score (nSPS) is 11.5.